The molecule has 3 heteroatoms. The second kappa shape index (κ2) is 3.86. The average Bonchev–Trinajstić information content (AvgIpc) is 2.67. The molecule has 1 saturated heterocycles. The zero-order chi connectivity index (χ0) is 9.97. The van der Waals surface area contributed by atoms with Crippen LogP contribution in [0.15, 0.2) is 23.9 Å². The second-order valence-electron chi connectivity index (χ2n) is 3.65. The number of aliphatic carboxylic acids is 1. The fourth-order valence-electron chi connectivity index (χ4n) is 2.05. The van der Waals surface area contributed by atoms with E-state index >= 15 is 0 Å². The maximum atomic E-state index is 11.0. The first kappa shape index (κ1) is 9.31. The lowest BCUT2D eigenvalue weighted by molar-refractivity contribution is -0.141. The van der Waals surface area contributed by atoms with Crippen molar-refractivity contribution in [1.82, 2.24) is 4.90 Å². The SMILES string of the molecule is O=C(O)C1CCCN1C1=CC[CH]C=C1. The molecule has 2 aliphatic rings. The summed E-state index contributed by atoms with van der Waals surface area (Å²) in [6.07, 6.45) is 10.8. The molecule has 1 atom stereocenters. The van der Waals surface area contributed by atoms with Gasteiger partial charge >= 0.3 is 5.97 Å². The molecule has 0 saturated carbocycles. The molecule has 75 valence electrons. The predicted molar refractivity (Wildman–Crippen MR) is 53.5 cm³/mol. The van der Waals surface area contributed by atoms with Gasteiger partial charge in [-0.1, -0.05) is 12.2 Å². The summed E-state index contributed by atoms with van der Waals surface area (Å²) in [6.45, 7) is 0.868. The third kappa shape index (κ3) is 1.67. The molecule has 0 aromatic rings. The van der Waals surface area contributed by atoms with Gasteiger partial charge in [0.25, 0.3) is 0 Å². The maximum Gasteiger partial charge on any atom is 0.326 e. The molecule has 0 spiro atoms. The molecule has 0 bridgehead atoms. The highest BCUT2D eigenvalue weighted by molar-refractivity contribution is 5.74. The summed E-state index contributed by atoms with van der Waals surface area (Å²) in [7, 11) is 0. The number of rotatable bonds is 2. The Labute approximate surface area is 83.7 Å². The number of carboxylic acids is 1. The summed E-state index contributed by atoms with van der Waals surface area (Å²) in [6, 6.07) is -0.316. The molecular formula is C11H14NO2. The van der Waals surface area contributed by atoms with E-state index in [1.54, 1.807) is 0 Å². The van der Waals surface area contributed by atoms with Crippen LogP contribution in [0.25, 0.3) is 0 Å². The molecule has 1 unspecified atom stereocenters. The monoisotopic (exact) mass is 192 g/mol. The van der Waals surface area contributed by atoms with Crippen LogP contribution >= 0.6 is 0 Å². The van der Waals surface area contributed by atoms with Gasteiger partial charge in [-0.05, 0) is 31.8 Å². The third-order valence-electron chi connectivity index (χ3n) is 2.74. The van der Waals surface area contributed by atoms with Crippen molar-refractivity contribution >= 4 is 5.97 Å². The average molecular weight is 192 g/mol. The highest BCUT2D eigenvalue weighted by Gasteiger charge is 2.31. The van der Waals surface area contributed by atoms with Crippen LogP contribution in [0.3, 0.4) is 0 Å². The van der Waals surface area contributed by atoms with Crippen LogP contribution in [0.5, 0.6) is 0 Å². The molecular weight excluding hydrogens is 178 g/mol. The molecule has 1 aliphatic heterocycles. The van der Waals surface area contributed by atoms with Gasteiger partial charge < -0.3 is 10.0 Å². The van der Waals surface area contributed by atoms with Crippen molar-refractivity contribution in [3.05, 3.63) is 30.3 Å². The van der Waals surface area contributed by atoms with E-state index in [0.717, 1.165) is 31.5 Å². The van der Waals surface area contributed by atoms with E-state index in [1.165, 1.54) is 0 Å². The van der Waals surface area contributed by atoms with Crippen LogP contribution in [-0.2, 0) is 4.79 Å². The Morgan fingerprint density at radius 1 is 1.57 bits per heavy atom. The first-order valence-electron chi connectivity index (χ1n) is 4.98. The summed E-state index contributed by atoms with van der Waals surface area (Å²) < 4.78 is 0. The molecule has 1 radical (unpaired) electrons. The Balaban J connectivity index is 2.13. The number of carboxylic acid groups (broad SMARTS) is 1. The molecule has 14 heavy (non-hydrogen) atoms. The maximum absolute atomic E-state index is 11.0. The fraction of sp³-hybridized carbons (Fsp3) is 0.455. The van der Waals surface area contributed by atoms with Crippen molar-refractivity contribution in [3.8, 4) is 0 Å². The smallest absolute Gasteiger partial charge is 0.326 e. The van der Waals surface area contributed by atoms with Crippen molar-refractivity contribution in [2.24, 2.45) is 0 Å². The van der Waals surface area contributed by atoms with Crippen LogP contribution in [0.1, 0.15) is 19.3 Å². The van der Waals surface area contributed by atoms with Gasteiger partial charge in [-0.2, -0.15) is 0 Å². The van der Waals surface area contributed by atoms with Crippen molar-refractivity contribution in [2.75, 3.05) is 6.54 Å². The Kier molecular flexibility index (Phi) is 2.57. The number of likely N-dealkylation sites (tertiary alicyclic amines) is 1. The minimum absolute atomic E-state index is 0.316. The molecule has 0 aromatic carbocycles. The van der Waals surface area contributed by atoms with Crippen LogP contribution in [0, 0.1) is 6.42 Å². The quantitative estimate of drug-likeness (QED) is 0.722. The van der Waals surface area contributed by atoms with Gasteiger partial charge in [-0.3, -0.25) is 0 Å². The van der Waals surface area contributed by atoms with Crippen LogP contribution in [-0.4, -0.2) is 28.6 Å². The molecule has 1 fully saturated rings. The molecule has 1 heterocycles. The van der Waals surface area contributed by atoms with Crippen molar-refractivity contribution in [3.63, 3.8) is 0 Å². The van der Waals surface area contributed by atoms with Crippen molar-refractivity contribution < 1.29 is 9.90 Å². The summed E-state index contributed by atoms with van der Waals surface area (Å²) in [5.41, 5.74) is 1.07. The highest BCUT2D eigenvalue weighted by atomic mass is 16.4. The first-order valence-corrected chi connectivity index (χ1v) is 4.98. The molecule has 3 nitrogen and oxygen atoms in total. The molecule has 0 aromatic heterocycles. The van der Waals surface area contributed by atoms with Crippen molar-refractivity contribution in [2.45, 2.75) is 25.3 Å². The fourth-order valence-corrected chi connectivity index (χ4v) is 2.05. The summed E-state index contributed by atoms with van der Waals surface area (Å²) in [5, 5.41) is 9.01. The normalized spacial score (nSPS) is 26.4. The Bertz CT molecular complexity index is 294. The Hall–Kier alpha value is -1.25. The lowest BCUT2D eigenvalue weighted by Crippen LogP contribution is -2.35. The van der Waals surface area contributed by atoms with E-state index in [9.17, 15) is 4.79 Å². The van der Waals surface area contributed by atoms with Gasteiger partial charge in [-0.15, -0.1) is 0 Å². The number of carbonyl (C=O) groups is 1. The van der Waals surface area contributed by atoms with Crippen LogP contribution < -0.4 is 0 Å². The number of hydrogen-bond donors (Lipinski definition) is 1. The largest absolute Gasteiger partial charge is 0.480 e. The van der Waals surface area contributed by atoms with Gasteiger partial charge in [0.15, 0.2) is 0 Å². The highest BCUT2D eigenvalue weighted by Crippen LogP contribution is 2.25. The third-order valence-corrected chi connectivity index (χ3v) is 2.74. The minimum Gasteiger partial charge on any atom is -0.480 e. The molecule has 1 N–H and O–H groups in total. The number of allylic oxidation sites excluding steroid dienone is 3. The second-order valence-corrected chi connectivity index (χ2v) is 3.65. The van der Waals surface area contributed by atoms with Gasteiger partial charge in [0, 0.05) is 12.2 Å². The van der Waals surface area contributed by atoms with Crippen molar-refractivity contribution in [1.29, 1.82) is 0 Å². The van der Waals surface area contributed by atoms with Gasteiger partial charge in [0.2, 0.25) is 0 Å². The first-order chi connectivity index (χ1) is 6.79. The Morgan fingerprint density at radius 3 is 3.07 bits per heavy atom. The lowest BCUT2D eigenvalue weighted by atomic mass is 10.1. The van der Waals surface area contributed by atoms with Crippen LogP contribution in [0.4, 0.5) is 0 Å². The summed E-state index contributed by atoms with van der Waals surface area (Å²) >= 11 is 0. The number of nitrogens with zero attached hydrogens (tertiary/aromatic N) is 1. The van der Waals surface area contributed by atoms with Gasteiger partial charge in [-0.25, -0.2) is 4.79 Å². The van der Waals surface area contributed by atoms with E-state index in [0.29, 0.717) is 0 Å². The van der Waals surface area contributed by atoms with E-state index in [1.807, 2.05) is 17.1 Å². The van der Waals surface area contributed by atoms with E-state index in [2.05, 4.69) is 12.5 Å². The molecule has 1 aliphatic carbocycles. The lowest BCUT2D eigenvalue weighted by Gasteiger charge is -2.25. The van der Waals surface area contributed by atoms with Crippen LogP contribution in [0.2, 0.25) is 0 Å². The molecule has 0 amide bonds. The molecule has 2 rings (SSSR count). The Morgan fingerprint density at radius 2 is 2.43 bits per heavy atom. The summed E-state index contributed by atoms with van der Waals surface area (Å²) in [5.74, 6) is -0.702. The minimum atomic E-state index is -0.702. The van der Waals surface area contributed by atoms with Gasteiger partial charge in [0.1, 0.15) is 6.04 Å². The van der Waals surface area contributed by atoms with E-state index in [4.69, 9.17) is 5.11 Å². The van der Waals surface area contributed by atoms with E-state index in [-0.39, 0.29) is 6.04 Å². The predicted octanol–water partition coefficient (Wildman–Crippen LogP) is 1.58. The standard InChI is InChI=1S/C11H14NO2/c13-11(14)10-7-4-8-12(10)9-5-2-1-3-6-9/h1-2,5-6,10H,3-4,7-8H2,(H,13,14). The van der Waals surface area contributed by atoms with Gasteiger partial charge in [0.05, 0.1) is 0 Å². The zero-order valence-electron chi connectivity index (χ0n) is 8.02. The van der Waals surface area contributed by atoms with E-state index < -0.39 is 5.97 Å². The summed E-state index contributed by atoms with van der Waals surface area (Å²) in [4.78, 5) is 12.9. The topological polar surface area (TPSA) is 40.5 Å². The zero-order valence-corrected chi connectivity index (χ0v) is 8.02. The number of hydrogen-bond acceptors (Lipinski definition) is 2.